The van der Waals surface area contributed by atoms with Crippen LogP contribution in [-0.4, -0.2) is 0 Å². The molecule has 1 nitrogen and oxygen atoms in total. The lowest BCUT2D eigenvalue weighted by Crippen LogP contribution is -2.17. The van der Waals surface area contributed by atoms with Crippen molar-refractivity contribution < 1.29 is 0 Å². The molecule has 47 heavy (non-hydrogen) atoms. The van der Waals surface area contributed by atoms with Crippen molar-refractivity contribution in [3.05, 3.63) is 174 Å². The molecule has 0 N–H and O–H groups in total. The Hall–Kier alpha value is -5.66. The first kappa shape index (κ1) is 27.6. The summed E-state index contributed by atoms with van der Waals surface area (Å²) in [5.74, 6) is 0. The Bertz CT molecular complexity index is 2520. The lowest BCUT2D eigenvalue weighted by Gasteiger charge is -2.31. The number of fused-ring (bicyclic) bond motifs is 7. The summed E-state index contributed by atoms with van der Waals surface area (Å²) in [5.41, 5.74) is 12.6. The van der Waals surface area contributed by atoms with Crippen LogP contribution in [0.25, 0.3) is 54.6 Å². The number of benzene rings is 8. The van der Waals surface area contributed by atoms with Crippen LogP contribution < -0.4 is 4.90 Å². The molecule has 0 bridgehead atoms. The van der Waals surface area contributed by atoms with Crippen molar-refractivity contribution in [2.45, 2.75) is 26.2 Å². The van der Waals surface area contributed by atoms with Gasteiger partial charge in [0.1, 0.15) is 0 Å². The van der Waals surface area contributed by atoms with E-state index in [9.17, 15) is 0 Å². The van der Waals surface area contributed by atoms with E-state index in [1.54, 1.807) is 0 Å². The Kier molecular flexibility index (Phi) is 6.14. The monoisotopic (exact) mass is 601 g/mol. The van der Waals surface area contributed by atoms with E-state index in [4.69, 9.17) is 0 Å². The van der Waals surface area contributed by atoms with Crippen molar-refractivity contribution in [3.8, 4) is 22.3 Å². The molecule has 0 aromatic heterocycles. The lowest BCUT2D eigenvalue weighted by atomic mass is 9.82. The first-order chi connectivity index (χ1) is 23.0. The molecule has 0 heterocycles. The van der Waals surface area contributed by atoms with Gasteiger partial charge in [0, 0.05) is 22.1 Å². The average Bonchev–Trinajstić information content (AvgIpc) is 3.34. The molecule has 0 amide bonds. The maximum atomic E-state index is 2.53. The molecular formula is C46H35N. The van der Waals surface area contributed by atoms with Gasteiger partial charge in [-0.2, -0.15) is 0 Å². The fourth-order valence-electron chi connectivity index (χ4n) is 7.96. The quantitative estimate of drug-likeness (QED) is 0.181. The Morgan fingerprint density at radius 3 is 1.77 bits per heavy atom. The van der Waals surface area contributed by atoms with Crippen LogP contribution in [0.3, 0.4) is 0 Å². The number of nitrogens with zero attached hydrogens (tertiary/aromatic N) is 1. The van der Waals surface area contributed by atoms with Crippen molar-refractivity contribution in [2.75, 3.05) is 4.90 Å². The zero-order chi connectivity index (χ0) is 31.7. The molecule has 8 aromatic carbocycles. The number of aryl methyl sites for hydroxylation is 1. The summed E-state index contributed by atoms with van der Waals surface area (Å²) in [5, 5.41) is 7.47. The zero-order valence-electron chi connectivity index (χ0n) is 27.0. The van der Waals surface area contributed by atoms with Gasteiger partial charge in [-0.3, -0.25) is 0 Å². The highest BCUT2D eigenvalue weighted by molar-refractivity contribution is 6.15. The normalized spacial score (nSPS) is 13.2. The van der Waals surface area contributed by atoms with Crippen LogP contribution in [0.2, 0.25) is 0 Å². The van der Waals surface area contributed by atoms with Crippen molar-refractivity contribution in [1.82, 2.24) is 0 Å². The van der Waals surface area contributed by atoms with Gasteiger partial charge in [0.15, 0.2) is 0 Å². The minimum absolute atomic E-state index is 0.110. The molecule has 224 valence electrons. The highest BCUT2D eigenvalue weighted by Crippen LogP contribution is 2.52. The standard InChI is InChI=1S/C46H35N/c1-30-14-4-8-18-35(30)41-26-31-15-5-6-16-32(31)27-45(41)47(44-28-33-17-7-9-19-36(33)37-20-10-11-22-40(37)44)34-24-25-39-38-21-12-13-23-42(38)46(2,3)43(39)29-34/h4-29H,1-3H3. The van der Waals surface area contributed by atoms with E-state index in [0.717, 1.165) is 5.69 Å². The van der Waals surface area contributed by atoms with Crippen LogP contribution in [0.1, 0.15) is 30.5 Å². The molecule has 0 fully saturated rings. The largest absolute Gasteiger partial charge is 0.309 e. The second-order valence-electron chi connectivity index (χ2n) is 13.4. The summed E-state index contributed by atoms with van der Waals surface area (Å²) in [6.07, 6.45) is 0. The topological polar surface area (TPSA) is 3.24 Å². The molecule has 1 aliphatic carbocycles. The van der Waals surface area contributed by atoms with Gasteiger partial charge in [-0.15, -0.1) is 0 Å². The van der Waals surface area contributed by atoms with Crippen LogP contribution in [-0.2, 0) is 5.41 Å². The Labute approximate surface area is 276 Å². The van der Waals surface area contributed by atoms with Crippen LogP contribution in [0.5, 0.6) is 0 Å². The third-order valence-electron chi connectivity index (χ3n) is 10.4. The molecule has 1 aliphatic rings. The van der Waals surface area contributed by atoms with Crippen molar-refractivity contribution in [3.63, 3.8) is 0 Å². The van der Waals surface area contributed by atoms with E-state index < -0.39 is 0 Å². The van der Waals surface area contributed by atoms with Gasteiger partial charge >= 0.3 is 0 Å². The van der Waals surface area contributed by atoms with Gasteiger partial charge in [0.05, 0.1) is 11.4 Å². The molecule has 0 aliphatic heterocycles. The fraction of sp³-hybridized carbons (Fsp3) is 0.0870. The second kappa shape index (κ2) is 10.4. The van der Waals surface area contributed by atoms with E-state index >= 15 is 0 Å². The minimum atomic E-state index is -0.110. The van der Waals surface area contributed by atoms with Gasteiger partial charge in [0.2, 0.25) is 0 Å². The molecule has 0 radical (unpaired) electrons. The maximum absolute atomic E-state index is 2.53. The van der Waals surface area contributed by atoms with Crippen molar-refractivity contribution in [2.24, 2.45) is 0 Å². The molecule has 1 heteroatoms. The summed E-state index contributed by atoms with van der Waals surface area (Å²) in [6.45, 7) is 6.96. The first-order valence-electron chi connectivity index (χ1n) is 16.5. The molecule has 0 unspecified atom stereocenters. The first-order valence-corrected chi connectivity index (χ1v) is 16.5. The van der Waals surface area contributed by atoms with Gasteiger partial charge < -0.3 is 4.90 Å². The van der Waals surface area contributed by atoms with E-state index in [-0.39, 0.29) is 5.41 Å². The van der Waals surface area contributed by atoms with Crippen LogP contribution in [0.15, 0.2) is 158 Å². The maximum Gasteiger partial charge on any atom is 0.0546 e. The SMILES string of the molecule is Cc1ccccc1-c1cc2ccccc2cc1N(c1ccc2c(c1)C(C)(C)c1ccccc1-2)c1cc2ccccc2c2ccccc12. The van der Waals surface area contributed by atoms with Gasteiger partial charge in [-0.1, -0.05) is 141 Å². The molecule has 8 aromatic rings. The number of anilines is 3. The van der Waals surface area contributed by atoms with E-state index in [1.807, 2.05) is 0 Å². The molecule has 0 saturated heterocycles. The van der Waals surface area contributed by atoms with Gasteiger partial charge in [-0.05, 0) is 97.6 Å². The number of hydrogen-bond donors (Lipinski definition) is 0. The van der Waals surface area contributed by atoms with Crippen LogP contribution >= 0.6 is 0 Å². The number of rotatable bonds is 4. The Balaban J connectivity index is 1.41. The molecule has 9 rings (SSSR count). The summed E-state index contributed by atoms with van der Waals surface area (Å²) >= 11 is 0. The highest BCUT2D eigenvalue weighted by Gasteiger charge is 2.36. The highest BCUT2D eigenvalue weighted by atomic mass is 15.1. The lowest BCUT2D eigenvalue weighted by molar-refractivity contribution is 0.660. The minimum Gasteiger partial charge on any atom is -0.309 e. The Morgan fingerprint density at radius 2 is 0.979 bits per heavy atom. The van der Waals surface area contributed by atoms with Crippen LogP contribution in [0, 0.1) is 6.92 Å². The van der Waals surface area contributed by atoms with E-state index in [0.29, 0.717) is 0 Å². The fourth-order valence-corrected chi connectivity index (χ4v) is 7.96. The summed E-state index contributed by atoms with van der Waals surface area (Å²) in [7, 11) is 0. The molecular weight excluding hydrogens is 567 g/mol. The average molecular weight is 602 g/mol. The van der Waals surface area contributed by atoms with E-state index in [1.165, 1.54) is 82.6 Å². The summed E-state index contributed by atoms with van der Waals surface area (Å²) < 4.78 is 0. The number of hydrogen-bond acceptors (Lipinski definition) is 1. The zero-order valence-corrected chi connectivity index (χ0v) is 27.0. The molecule has 0 atom stereocenters. The van der Waals surface area contributed by atoms with E-state index in [2.05, 4.69) is 183 Å². The third-order valence-corrected chi connectivity index (χ3v) is 10.4. The van der Waals surface area contributed by atoms with Crippen LogP contribution in [0.4, 0.5) is 17.1 Å². The Morgan fingerprint density at radius 1 is 0.404 bits per heavy atom. The molecule has 0 saturated carbocycles. The smallest absolute Gasteiger partial charge is 0.0546 e. The molecule has 0 spiro atoms. The third kappa shape index (κ3) is 4.23. The van der Waals surface area contributed by atoms with Crippen molar-refractivity contribution >= 4 is 49.4 Å². The predicted molar refractivity (Wildman–Crippen MR) is 201 cm³/mol. The van der Waals surface area contributed by atoms with Gasteiger partial charge in [0.25, 0.3) is 0 Å². The van der Waals surface area contributed by atoms with Gasteiger partial charge in [-0.25, -0.2) is 0 Å². The second-order valence-corrected chi connectivity index (χ2v) is 13.4. The summed E-state index contributed by atoms with van der Waals surface area (Å²) in [4.78, 5) is 2.53. The summed E-state index contributed by atoms with van der Waals surface area (Å²) in [6, 6.07) is 58.4. The predicted octanol–water partition coefficient (Wildman–Crippen LogP) is 12.9. The van der Waals surface area contributed by atoms with Crippen molar-refractivity contribution in [1.29, 1.82) is 0 Å².